The zero-order valence-electron chi connectivity index (χ0n) is 17.0. The van der Waals surface area contributed by atoms with Gasteiger partial charge in [0.25, 0.3) is 5.91 Å². The third-order valence-electron chi connectivity index (χ3n) is 6.88. The van der Waals surface area contributed by atoms with Crippen molar-refractivity contribution in [2.45, 2.75) is 56.0 Å². The molecule has 0 radical (unpaired) electrons. The molecule has 0 bridgehead atoms. The largest absolute Gasteiger partial charge is 0.349 e. The molecular weight excluding hydrogens is 396 g/mol. The Hall–Kier alpha value is -2.37. The lowest BCUT2D eigenvalue weighted by Crippen LogP contribution is -2.45. The van der Waals surface area contributed by atoms with E-state index < -0.39 is 0 Å². The molecule has 2 aliphatic carbocycles. The van der Waals surface area contributed by atoms with Gasteiger partial charge < -0.3 is 15.6 Å². The fourth-order valence-corrected chi connectivity index (χ4v) is 5.02. The summed E-state index contributed by atoms with van der Waals surface area (Å²) < 4.78 is 2.22. The zero-order chi connectivity index (χ0) is 20.7. The maximum absolute atomic E-state index is 12.9. The third-order valence-corrected chi connectivity index (χ3v) is 7.12. The highest BCUT2D eigenvalue weighted by Crippen LogP contribution is 2.40. The average Bonchev–Trinajstić information content (AvgIpc) is 3.53. The molecule has 1 aromatic heterocycles. The Balaban J connectivity index is 1.26. The summed E-state index contributed by atoms with van der Waals surface area (Å²) in [6.45, 7) is 0.592. The molecule has 0 aliphatic heterocycles. The fourth-order valence-electron chi connectivity index (χ4n) is 4.83. The number of amides is 1. The van der Waals surface area contributed by atoms with Crippen LogP contribution < -0.4 is 11.1 Å². The van der Waals surface area contributed by atoms with Crippen LogP contribution in [0.3, 0.4) is 0 Å². The lowest BCUT2D eigenvalue weighted by molar-refractivity contribution is 0.0918. The minimum atomic E-state index is -0.0549. The molecule has 3 N–H and O–H groups in total. The van der Waals surface area contributed by atoms with Crippen LogP contribution in [-0.4, -0.2) is 28.0 Å². The van der Waals surface area contributed by atoms with Gasteiger partial charge in [0.1, 0.15) is 0 Å². The van der Waals surface area contributed by atoms with E-state index in [1.54, 1.807) is 0 Å². The first-order valence-corrected chi connectivity index (χ1v) is 11.2. The highest BCUT2D eigenvalue weighted by Gasteiger charge is 2.36. The molecule has 5 nitrogen and oxygen atoms in total. The van der Waals surface area contributed by atoms with Crippen molar-refractivity contribution in [3.05, 3.63) is 64.9 Å². The summed E-state index contributed by atoms with van der Waals surface area (Å²) in [5.74, 6) is -0.0223. The number of carbonyl (C=O) groups is 1. The van der Waals surface area contributed by atoms with Gasteiger partial charge >= 0.3 is 0 Å². The molecule has 6 heteroatoms. The molecule has 0 unspecified atom stereocenters. The van der Waals surface area contributed by atoms with Crippen molar-refractivity contribution in [3.8, 4) is 0 Å². The standard InChI is InChI=1S/C24H27ClN4O/c25-18-3-1-2-17(13-18)24(14-26)10-8-19(9-11-24)28-23(30)16-4-7-22-21(12-16)27-15-29(22)20-5-6-20/h1-4,7,12-13,15,19-20H,5-6,8-11,14,26H2,(H,28,30)/t19-,24-. The number of carbonyl (C=O) groups excluding carboxylic acids is 1. The maximum Gasteiger partial charge on any atom is 0.251 e. The molecule has 2 saturated carbocycles. The molecule has 1 heterocycles. The van der Waals surface area contributed by atoms with E-state index in [2.05, 4.69) is 20.9 Å². The van der Waals surface area contributed by atoms with E-state index in [1.807, 2.05) is 42.7 Å². The van der Waals surface area contributed by atoms with Gasteiger partial charge in [0.2, 0.25) is 0 Å². The summed E-state index contributed by atoms with van der Waals surface area (Å²) in [5, 5.41) is 3.97. The van der Waals surface area contributed by atoms with E-state index in [-0.39, 0.29) is 17.4 Å². The summed E-state index contributed by atoms with van der Waals surface area (Å²) in [6.07, 6.45) is 8.04. The normalized spacial score (nSPS) is 24.1. The Kier molecular flexibility index (Phi) is 5.03. The molecule has 30 heavy (non-hydrogen) atoms. The van der Waals surface area contributed by atoms with Gasteiger partial charge in [-0.2, -0.15) is 0 Å². The molecule has 156 valence electrons. The van der Waals surface area contributed by atoms with Crippen molar-refractivity contribution in [1.29, 1.82) is 0 Å². The number of nitrogens with zero attached hydrogens (tertiary/aromatic N) is 2. The van der Waals surface area contributed by atoms with Gasteiger partial charge in [0.05, 0.1) is 17.4 Å². The number of halogens is 1. The van der Waals surface area contributed by atoms with Crippen molar-refractivity contribution < 1.29 is 4.79 Å². The number of nitrogens with two attached hydrogens (primary N) is 1. The second-order valence-corrected chi connectivity index (χ2v) is 9.27. The Labute approximate surface area is 181 Å². The van der Waals surface area contributed by atoms with Gasteiger partial charge in [-0.3, -0.25) is 4.79 Å². The summed E-state index contributed by atoms with van der Waals surface area (Å²) in [4.78, 5) is 17.4. The lowest BCUT2D eigenvalue weighted by Gasteiger charge is -2.40. The second-order valence-electron chi connectivity index (χ2n) is 8.83. The first-order valence-electron chi connectivity index (χ1n) is 10.8. The third kappa shape index (κ3) is 3.61. The lowest BCUT2D eigenvalue weighted by atomic mass is 9.68. The van der Waals surface area contributed by atoms with Crippen LogP contribution in [0, 0.1) is 0 Å². The Morgan fingerprint density at radius 1 is 1.17 bits per heavy atom. The number of aromatic nitrogens is 2. The van der Waals surface area contributed by atoms with Crippen molar-refractivity contribution in [3.63, 3.8) is 0 Å². The quantitative estimate of drug-likeness (QED) is 0.631. The number of rotatable bonds is 5. The van der Waals surface area contributed by atoms with E-state index in [9.17, 15) is 4.79 Å². The van der Waals surface area contributed by atoms with Crippen LogP contribution in [0.1, 0.15) is 60.5 Å². The highest BCUT2D eigenvalue weighted by molar-refractivity contribution is 6.30. The topological polar surface area (TPSA) is 72.9 Å². The average molecular weight is 423 g/mol. The fraction of sp³-hybridized carbons (Fsp3) is 0.417. The number of hydrogen-bond donors (Lipinski definition) is 2. The smallest absolute Gasteiger partial charge is 0.251 e. The van der Waals surface area contributed by atoms with E-state index >= 15 is 0 Å². The molecule has 5 rings (SSSR count). The van der Waals surface area contributed by atoms with Crippen molar-refractivity contribution >= 4 is 28.5 Å². The predicted octanol–water partition coefficient (Wildman–Crippen LogP) is 4.59. The number of nitrogens with one attached hydrogen (secondary N) is 1. The maximum atomic E-state index is 12.9. The van der Waals surface area contributed by atoms with Gasteiger partial charge in [-0.25, -0.2) is 4.98 Å². The van der Waals surface area contributed by atoms with Crippen LogP contribution in [0.5, 0.6) is 0 Å². The van der Waals surface area contributed by atoms with E-state index in [0.717, 1.165) is 41.7 Å². The Morgan fingerprint density at radius 3 is 2.67 bits per heavy atom. The SMILES string of the molecule is NC[C@]1(c2cccc(Cl)c2)CC[C@H](NC(=O)c2ccc3c(c2)ncn3C2CC2)CC1. The number of benzene rings is 2. The number of fused-ring (bicyclic) bond motifs is 1. The minimum Gasteiger partial charge on any atom is -0.349 e. The van der Waals surface area contributed by atoms with Crippen molar-refractivity contribution in [2.75, 3.05) is 6.54 Å². The Morgan fingerprint density at radius 2 is 1.97 bits per heavy atom. The van der Waals surface area contributed by atoms with E-state index in [0.29, 0.717) is 18.2 Å². The van der Waals surface area contributed by atoms with Crippen molar-refractivity contribution in [2.24, 2.45) is 5.73 Å². The van der Waals surface area contributed by atoms with Crippen LogP contribution >= 0.6 is 11.6 Å². The summed E-state index contributed by atoms with van der Waals surface area (Å²) in [6, 6.07) is 14.6. The second kappa shape index (κ2) is 7.71. The van der Waals surface area contributed by atoms with E-state index in [4.69, 9.17) is 17.3 Å². The molecule has 0 saturated heterocycles. The van der Waals surface area contributed by atoms with Crippen molar-refractivity contribution in [1.82, 2.24) is 14.9 Å². The zero-order valence-corrected chi connectivity index (χ0v) is 17.7. The van der Waals surface area contributed by atoms with Gasteiger partial charge in [0.15, 0.2) is 0 Å². The van der Waals surface area contributed by atoms with Gasteiger partial charge in [-0.15, -0.1) is 0 Å². The molecular formula is C24H27ClN4O. The van der Waals surface area contributed by atoms with Gasteiger partial charge in [-0.05, 0) is 74.4 Å². The molecule has 3 aromatic rings. The van der Waals surface area contributed by atoms with Crippen LogP contribution in [-0.2, 0) is 5.41 Å². The summed E-state index contributed by atoms with van der Waals surface area (Å²) in [5.41, 5.74) is 10.0. The van der Waals surface area contributed by atoms with E-state index in [1.165, 1.54) is 18.4 Å². The van der Waals surface area contributed by atoms with Gasteiger partial charge in [0, 0.05) is 34.6 Å². The molecule has 2 aliphatic rings. The predicted molar refractivity (Wildman–Crippen MR) is 120 cm³/mol. The summed E-state index contributed by atoms with van der Waals surface area (Å²) in [7, 11) is 0. The molecule has 2 fully saturated rings. The minimum absolute atomic E-state index is 0.0223. The molecule has 0 spiro atoms. The first kappa shape index (κ1) is 19.6. The monoisotopic (exact) mass is 422 g/mol. The Bertz CT molecular complexity index is 1080. The van der Waals surface area contributed by atoms with Crippen LogP contribution in [0.2, 0.25) is 5.02 Å². The van der Waals surface area contributed by atoms with Crippen LogP contribution in [0.25, 0.3) is 11.0 Å². The van der Waals surface area contributed by atoms with Gasteiger partial charge in [-0.1, -0.05) is 23.7 Å². The summed E-state index contributed by atoms with van der Waals surface area (Å²) >= 11 is 6.21. The number of hydrogen-bond acceptors (Lipinski definition) is 3. The van der Waals surface area contributed by atoms with Crippen LogP contribution in [0.15, 0.2) is 48.8 Å². The highest BCUT2D eigenvalue weighted by atomic mass is 35.5. The number of imidazole rings is 1. The molecule has 0 atom stereocenters. The molecule has 2 aromatic carbocycles. The van der Waals surface area contributed by atoms with Crippen LogP contribution in [0.4, 0.5) is 0 Å². The molecule has 1 amide bonds. The first-order chi connectivity index (χ1) is 14.6.